The highest BCUT2D eigenvalue weighted by Gasteiger charge is 2.19. The second kappa shape index (κ2) is 11.6. The largest absolute Gasteiger partial charge is 0.460 e. The highest BCUT2D eigenvalue weighted by Crippen LogP contribution is 2.16. The van der Waals surface area contributed by atoms with Crippen LogP contribution in [0.4, 0.5) is 5.69 Å². The van der Waals surface area contributed by atoms with Gasteiger partial charge in [-0.1, -0.05) is 46.5 Å². The van der Waals surface area contributed by atoms with E-state index in [4.69, 9.17) is 4.74 Å². The lowest BCUT2D eigenvalue weighted by atomic mass is 9.95. The van der Waals surface area contributed by atoms with E-state index in [1.807, 2.05) is 6.92 Å². The molecule has 1 aromatic carbocycles. The number of hydrogen-bond acceptors (Lipinski definition) is 5. The van der Waals surface area contributed by atoms with Crippen LogP contribution in [0.5, 0.6) is 0 Å². The molecule has 0 bridgehead atoms. The number of carbonyl (C=O) groups excluding carboxylic acids is 1. The van der Waals surface area contributed by atoms with Gasteiger partial charge in [-0.25, -0.2) is 4.79 Å². The van der Waals surface area contributed by atoms with E-state index in [1.54, 1.807) is 0 Å². The van der Waals surface area contributed by atoms with Gasteiger partial charge in [0, 0.05) is 18.2 Å². The molecule has 0 saturated heterocycles. The predicted octanol–water partition coefficient (Wildman–Crippen LogP) is 4.34. The van der Waals surface area contributed by atoms with Crippen molar-refractivity contribution in [2.24, 2.45) is 5.92 Å². The van der Waals surface area contributed by atoms with Crippen LogP contribution in [0.3, 0.4) is 0 Å². The first kappa shape index (κ1) is 21.1. The molecular formula is C19H30N2O4. The lowest BCUT2D eigenvalue weighted by molar-refractivity contribution is -0.384. The third-order valence-electron chi connectivity index (χ3n) is 4.37. The first-order valence-corrected chi connectivity index (χ1v) is 9.14. The molecule has 1 aromatic rings. The molecule has 0 heterocycles. The third kappa shape index (κ3) is 7.65. The van der Waals surface area contributed by atoms with Gasteiger partial charge >= 0.3 is 5.97 Å². The molecule has 1 rings (SSSR count). The third-order valence-corrected chi connectivity index (χ3v) is 4.37. The average molecular weight is 350 g/mol. The fourth-order valence-corrected chi connectivity index (χ4v) is 2.75. The van der Waals surface area contributed by atoms with Crippen LogP contribution in [0.2, 0.25) is 0 Å². The number of likely N-dealkylation sites (N-methyl/N-ethyl adjacent to an activating group) is 1. The summed E-state index contributed by atoms with van der Waals surface area (Å²) < 4.78 is 5.42. The Hall–Kier alpha value is -1.95. The van der Waals surface area contributed by atoms with Crippen LogP contribution in [0.15, 0.2) is 24.3 Å². The van der Waals surface area contributed by atoms with E-state index in [1.165, 1.54) is 49.9 Å². The molecule has 25 heavy (non-hydrogen) atoms. The number of unbranched alkanes of at least 4 members (excludes halogenated alkanes) is 3. The number of ether oxygens (including phenoxy) is 1. The van der Waals surface area contributed by atoms with E-state index < -0.39 is 10.9 Å². The molecule has 6 heteroatoms. The lowest BCUT2D eigenvalue weighted by Gasteiger charge is -2.24. The van der Waals surface area contributed by atoms with Gasteiger partial charge < -0.3 is 10.1 Å². The number of esters is 1. The molecule has 140 valence electrons. The summed E-state index contributed by atoms with van der Waals surface area (Å²) in [6.45, 7) is 7.54. The summed E-state index contributed by atoms with van der Waals surface area (Å²) in [7, 11) is 0. The molecule has 0 aliphatic rings. The zero-order valence-electron chi connectivity index (χ0n) is 15.5. The minimum absolute atomic E-state index is 0.0391. The molecule has 0 spiro atoms. The van der Waals surface area contributed by atoms with Gasteiger partial charge in [-0.15, -0.1) is 0 Å². The highest BCUT2D eigenvalue weighted by atomic mass is 16.6. The van der Waals surface area contributed by atoms with Gasteiger partial charge in [0.05, 0.1) is 10.5 Å². The van der Waals surface area contributed by atoms with E-state index >= 15 is 0 Å². The number of rotatable bonds is 12. The van der Waals surface area contributed by atoms with Gasteiger partial charge in [-0.05, 0) is 31.0 Å². The number of benzene rings is 1. The van der Waals surface area contributed by atoms with Crippen LogP contribution >= 0.6 is 0 Å². The molecule has 1 N–H and O–H groups in total. The number of nitro benzene ring substituents is 1. The summed E-state index contributed by atoms with van der Waals surface area (Å²) in [4.78, 5) is 22.3. The predicted molar refractivity (Wildman–Crippen MR) is 98.8 cm³/mol. The lowest BCUT2D eigenvalue weighted by Crippen LogP contribution is -2.39. The summed E-state index contributed by atoms with van der Waals surface area (Å²) in [6.07, 6.45) is 6.01. The van der Waals surface area contributed by atoms with E-state index in [0.717, 1.165) is 13.0 Å². The van der Waals surface area contributed by atoms with Crippen molar-refractivity contribution in [2.75, 3.05) is 13.2 Å². The molecular weight excluding hydrogens is 320 g/mol. The quantitative estimate of drug-likeness (QED) is 0.262. The maximum atomic E-state index is 12.1. The molecule has 6 nitrogen and oxygen atoms in total. The summed E-state index contributed by atoms with van der Waals surface area (Å²) in [6, 6.07) is 5.60. The number of nitrogens with one attached hydrogen (secondary N) is 1. The van der Waals surface area contributed by atoms with E-state index in [9.17, 15) is 14.9 Å². The Morgan fingerprint density at radius 2 is 1.88 bits per heavy atom. The average Bonchev–Trinajstić information content (AvgIpc) is 2.61. The number of nitro groups is 1. The summed E-state index contributed by atoms with van der Waals surface area (Å²) in [5.41, 5.74) is 0.291. The van der Waals surface area contributed by atoms with Crippen LogP contribution in [-0.2, 0) is 4.74 Å². The van der Waals surface area contributed by atoms with E-state index in [0.29, 0.717) is 18.1 Å². The van der Waals surface area contributed by atoms with Crippen molar-refractivity contribution >= 4 is 11.7 Å². The van der Waals surface area contributed by atoms with Crippen LogP contribution in [0.1, 0.15) is 63.2 Å². The van der Waals surface area contributed by atoms with Gasteiger partial charge in [0.2, 0.25) is 0 Å². The standard InChI is InChI=1S/C19H30N2O4/c1-4-6-7-8-9-15(3)18(20-5-2)14-25-19(22)16-10-12-17(13-11-16)21(23)24/h10-13,15,18,20H,4-9,14H2,1-3H3. The smallest absolute Gasteiger partial charge is 0.338 e. The van der Waals surface area contributed by atoms with Crippen LogP contribution in [-0.4, -0.2) is 30.1 Å². The highest BCUT2D eigenvalue weighted by molar-refractivity contribution is 5.89. The molecule has 0 aliphatic carbocycles. The van der Waals surface area contributed by atoms with Crippen molar-refractivity contribution in [2.45, 2.75) is 58.9 Å². The number of hydrogen-bond donors (Lipinski definition) is 1. The molecule has 0 radical (unpaired) electrons. The van der Waals surface area contributed by atoms with Gasteiger partial charge in [0.15, 0.2) is 0 Å². The normalized spacial score (nSPS) is 13.2. The Bertz CT molecular complexity index is 531. The van der Waals surface area contributed by atoms with Crippen molar-refractivity contribution in [3.05, 3.63) is 39.9 Å². The molecule has 0 fully saturated rings. The van der Waals surface area contributed by atoms with Crippen LogP contribution < -0.4 is 5.32 Å². The molecule has 2 atom stereocenters. The Balaban J connectivity index is 2.51. The van der Waals surface area contributed by atoms with Crippen molar-refractivity contribution < 1.29 is 14.5 Å². The van der Waals surface area contributed by atoms with Crippen molar-refractivity contribution in [3.63, 3.8) is 0 Å². The second-order valence-corrected chi connectivity index (χ2v) is 6.39. The fourth-order valence-electron chi connectivity index (χ4n) is 2.75. The van der Waals surface area contributed by atoms with Crippen LogP contribution in [0.25, 0.3) is 0 Å². The van der Waals surface area contributed by atoms with E-state index in [-0.39, 0.29) is 11.7 Å². The first-order valence-electron chi connectivity index (χ1n) is 9.14. The Morgan fingerprint density at radius 3 is 2.44 bits per heavy atom. The minimum atomic E-state index is -0.490. The Kier molecular flexibility index (Phi) is 9.77. The van der Waals surface area contributed by atoms with Gasteiger partial charge in [0.25, 0.3) is 5.69 Å². The SMILES string of the molecule is CCCCCCC(C)C(COC(=O)c1ccc([N+](=O)[O-])cc1)NCC. The maximum absolute atomic E-state index is 12.1. The van der Waals surface area contributed by atoms with Gasteiger partial charge in [0.1, 0.15) is 6.61 Å². The molecule has 0 amide bonds. The van der Waals surface area contributed by atoms with Crippen LogP contribution in [0, 0.1) is 16.0 Å². The Labute approximate surface area is 150 Å². The van der Waals surface area contributed by atoms with Gasteiger partial charge in [-0.3, -0.25) is 10.1 Å². The number of carbonyl (C=O) groups is 1. The van der Waals surface area contributed by atoms with Crippen molar-refractivity contribution in [1.82, 2.24) is 5.32 Å². The maximum Gasteiger partial charge on any atom is 0.338 e. The summed E-state index contributed by atoms with van der Waals surface area (Å²) >= 11 is 0. The first-order chi connectivity index (χ1) is 12.0. The summed E-state index contributed by atoms with van der Waals surface area (Å²) in [5.74, 6) is -0.0301. The Morgan fingerprint density at radius 1 is 1.20 bits per heavy atom. The summed E-state index contributed by atoms with van der Waals surface area (Å²) in [5, 5.41) is 14.0. The minimum Gasteiger partial charge on any atom is -0.460 e. The fraction of sp³-hybridized carbons (Fsp3) is 0.632. The molecule has 2 unspecified atom stereocenters. The molecule has 0 aliphatic heterocycles. The molecule has 0 aromatic heterocycles. The monoisotopic (exact) mass is 350 g/mol. The van der Waals surface area contributed by atoms with Crippen molar-refractivity contribution in [1.29, 1.82) is 0 Å². The topological polar surface area (TPSA) is 81.5 Å². The number of non-ortho nitro benzene ring substituents is 1. The molecule has 0 saturated carbocycles. The number of nitrogens with zero attached hydrogens (tertiary/aromatic N) is 1. The van der Waals surface area contributed by atoms with Crippen molar-refractivity contribution in [3.8, 4) is 0 Å². The van der Waals surface area contributed by atoms with E-state index in [2.05, 4.69) is 19.2 Å². The zero-order valence-corrected chi connectivity index (χ0v) is 15.5. The second-order valence-electron chi connectivity index (χ2n) is 6.39. The zero-order chi connectivity index (χ0) is 18.7. The van der Waals surface area contributed by atoms with Gasteiger partial charge in [-0.2, -0.15) is 0 Å².